The maximum Gasteiger partial charge on any atom is 0.0807 e. The average molecular weight is 223 g/mol. The fourth-order valence-electron chi connectivity index (χ4n) is 2.39. The van der Waals surface area contributed by atoms with Gasteiger partial charge in [0.05, 0.1) is 6.10 Å². The van der Waals surface area contributed by atoms with Gasteiger partial charge in [-0.3, -0.25) is 0 Å². The summed E-state index contributed by atoms with van der Waals surface area (Å²) in [6.45, 7) is 1.87. The number of rotatable bonds is 5. The first kappa shape index (κ1) is 11.7. The Hall–Kier alpha value is -0.800. The van der Waals surface area contributed by atoms with Crippen LogP contribution in [0.5, 0.6) is 0 Å². The Labute approximate surface area is 97.0 Å². The second-order valence-corrected chi connectivity index (χ2v) is 4.58. The minimum absolute atomic E-state index is 0.232. The molecule has 1 aromatic rings. The molecule has 1 aromatic heterocycles. The van der Waals surface area contributed by atoms with Crippen molar-refractivity contribution in [2.75, 3.05) is 13.7 Å². The van der Waals surface area contributed by atoms with Crippen LogP contribution in [0.15, 0.2) is 12.4 Å². The van der Waals surface area contributed by atoms with E-state index in [1.165, 1.54) is 5.56 Å². The summed E-state index contributed by atoms with van der Waals surface area (Å²) in [6, 6.07) is 0. The third kappa shape index (κ3) is 2.66. The Balaban J connectivity index is 1.91. The van der Waals surface area contributed by atoms with Crippen molar-refractivity contribution < 1.29 is 9.84 Å². The summed E-state index contributed by atoms with van der Waals surface area (Å²) in [4.78, 5) is 0. The van der Waals surface area contributed by atoms with E-state index in [-0.39, 0.29) is 6.10 Å². The highest BCUT2D eigenvalue weighted by Crippen LogP contribution is 2.30. The Morgan fingerprint density at radius 3 is 3.06 bits per heavy atom. The Morgan fingerprint density at radius 1 is 1.44 bits per heavy atom. The van der Waals surface area contributed by atoms with Gasteiger partial charge in [0, 0.05) is 38.2 Å². The van der Waals surface area contributed by atoms with Crippen LogP contribution in [0.2, 0.25) is 0 Å². The summed E-state index contributed by atoms with van der Waals surface area (Å²) in [5, 5.41) is 9.85. The summed E-state index contributed by atoms with van der Waals surface area (Å²) < 4.78 is 7.25. The van der Waals surface area contributed by atoms with Crippen LogP contribution in [-0.2, 0) is 17.7 Å². The highest BCUT2D eigenvalue weighted by atomic mass is 16.5. The minimum Gasteiger partial charge on any atom is -0.388 e. The Kier molecular flexibility index (Phi) is 4.02. The second kappa shape index (κ2) is 5.51. The smallest absolute Gasteiger partial charge is 0.0807 e. The molecule has 3 nitrogen and oxygen atoms in total. The molecule has 16 heavy (non-hydrogen) atoms. The van der Waals surface area contributed by atoms with E-state index < -0.39 is 0 Å². The molecular weight excluding hydrogens is 202 g/mol. The molecule has 0 fully saturated rings. The van der Waals surface area contributed by atoms with Gasteiger partial charge >= 0.3 is 0 Å². The third-order valence-electron chi connectivity index (χ3n) is 3.29. The van der Waals surface area contributed by atoms with E-state index in [9.17, 15) is 5.11 Å². The van der Waals surface area contributed by atoms with E-state index in [1.807, 2.05) is 0 Å². The standard InChI is InChI=1S/C13H21NO2/c1-16-8-3-2-7-14-9-11-5-4-6-13(15)12(11)10-14/h9-10,13,15H,2-8H2,1H3. The van der Waals surface area contributed by atoms with E-state index in [0.29, 0.717) is 0 Å². The molecule has 0 amide bonds. The van der Waals surface area contributed by atoms with Crippen LogP contribution < -0.4 is 0 Å². The number of nitrogens with zero attached hydrogens (tertiary/aromatic N) is 1. The van der Waals surface area contributed by atoms with Crippen molar-refractivity contribution in [3.63, 3.8) is 0 Å². The van der Waals surface area contributed by atoms with Gasteiger partial charge in [-0.25, -0.2) is 0 Å². The molecule has 1 atom stereocenters. The molecule has 0 aliphatic heterocycles. The van der Waals surface area contributed by atoms with Crippen LogP contribution in [0.3, 0.4) is 0 Å². The topological polar surface area (TPSA) is 34.4 Å². The number of aliphatic hydroxyl groups is 1. The second-order valence-electron chi connectivity index (χ2n) is 4.58. The zero-order valence-electron chi connectivity index (χ0n) is 9.98. The summed E-state index contributed by atoms with van der Waals surface area (Å²) in [7, 11) is 1.74. The van der Waals surface area contributed by atoms with Gasteiger partial charge in [-0.15, -0.1) is 0 Å². The lowest BCUT2D eigenvalue weighted by molar-refractivity contribution is 0.157. The predicted octanol–water partition coefficient (Wildman–Crippen LogP) is 2.28. The lowest BCUT2D eigenvalue weighted by Gasteiger charge is -2.16. The van der Waals surface area contributed by atoms with Gasteiger partial charge in [0.25, 0.3) is 0 Å². The van der Waals surface area contributed by atoms with E-state index in [4.69, 9.17) is 4.74 Å². The number of hydrogen-bond donors (Lipinski definition) is 1. The van der Waals surface area contributed by atoms with Crippen molar-refractivity contribution in [1.29, 1.82) is 0 Å². The summed E-state index contributed by atoms with van der Waals surface area (Å²) in [5.41, 5.74) is 2.49. The average Bonchev–Trinajstić information content (AvgIpc) is 2.69. The van der Waals surface area contributed by atoms with E-state index in [1.54, 1.807) is 7.11 Å². The number of fused-ring (bicyclic) bond motifs is 1. The van der Waals surface area contributed by atoms with Crippen LogP contribution in [0.25, 0.3) is 0 Å². The molecule has 0 saturated heterocycles. The highest BCUT2D eigenvalue weighted by Gasteiger charge is 2.19. The number of aryl methyl sites for hydroxylation is 2. The van der Waals surface area contributed by atoms with Crippen LogP contribution in [0, 0.1) is 0 Å². The van der Waals surface area contributed by atoms with Gasteiger partial charge in [0.15, 0.2) is 0 Å². The fraction of sp³-hybridized carbons (Fsp3) is 0.692. The minimum atomic E-state index is -0.232. The molecule has 1 unspecified atom stereocenters. The first-order valence-corrected chi connectivity index (χ1v) is 6.17. The lowest BCUT2D eigenvalue weighted by atomic mass is 9.93. The first-order valence-electron chi connectivity index (χ1n) is 6.17. The van der Waals surface area contributed by atoms with Crippen LogP contribution >= 0.6 is 0 Å². The summed E-state index contributed by atoms with van der Waals surface area (Å²) in [6.07, 6.45) is 9.47. The fourth-order valence-corrected chi connectivity index (χ4v) is 2.39. The van der Waals surface area contributed by atoms with E-state index in [0.717, 1.165) is 50.8 Å². The van der Waals surface area contributed by atoms with Gasteiger partial charge in [-0.1, -0.05) is 0 Å². The Morgan fingerprint density at radius 2 is 2.31 bits per heavy atom. The lowest BCUT2D eigenvalue weighted by Crippen LogP contribution is -2.05. The third-order valence-corrected chi connectivity index (χ3v) is 3.29. The van der Waals surface area contributed by atoms with E-state index >= 15 is 0 Å². The maximum absolute atomic E-state index is 9.85. The van der Waals surface area contributed by atoms with Crippen molar-refractivity contribution in [3.05, 3.63) is 23.5 Å². The van der Waals surface area contributed by atoms with Crippen molar-refractivity contribution in [2.24, 2.45) is 0 Å². The van der Waals surface area contributed by atoms with Gasteiger partial charge in [0.1, 0.15) is 0 Å². The molecule has 1 heterocycles. The number of methoxy groups -OCH3 is 1. The molecule has 0 bridgehead atoms. The molecule has 1 N–H and O–H groups in total. The monoisotopic (exact) mass is 223 g/mol. The molecule has 2 rings (SSSR count). The zero-order valence-corrected chi connectivity index (χ0v) is 9.98. The highest BCUT2D eigenvalue weighted by molar-refractivity contribution is 5.28. The molecule has 0 aromatic carbocycles. The van der Waals surface area contributed by atoms with Crippen molar-refractivity contribution in [1.82, 2.24) is 4.57 Å². The molecule has 0 radical (unpaired) electrons. The first-order chi connectivity index (χ1) is 7.81. The van der Waals surface area contributed by atoms with Crippen molar-refractivity contribution in [3.8, 4) is 0 Å². The maximum atomic E-state index is 9.85. The summed E-state index contributed by atoms with van der Waals surface area (Å²) in [5.74, 6) is 0. The van der Waals surface area contributed by atoms with Gasteiger partial charge < -0.3 is 14.4 Å². The number of unbranched alkanes of at least 4 members (excludes halogenated alkanes) is 1. The van der Waals surface area contributed by atoms with Gasteiger partial charge in [-0.2, -0.15) is 0 Å². The molecule has 90 valence electrons. The van der Waals surface area contributed by atoms with Crippen LogP contribution in [0.1, 0.15) is 42.9 Å². The zero-order chi connectivity index (χ0) is 11.4. The number of ether oxygens (including phenoxy) is 1. The molecule has 1 aliphatic carbocycles. The quantitative estimate of drug-likeness (QED) is 0.777. The predicted molar refractivity (Wildman–Crippen MR) is 63.4 cm³/mol. The largest absolute Gasteiger partial charge is 0.388 e. The van der Waals surface area contributed by atoms with E-state index in [2.05, 4.69) is 17.0 Å². The normalized spacial score (nSPS) is 19.8. The summed E-state index contributed by atoms with van der Waals surface area (Å²) >= 11 is 0. The molecule has 0 spiro atoms. The number of aliphatic hydroxyl groups excluding tert-OH is 1. The Bertz CT molecular complexity index is 333. The van der Waals surface area contributed by atoms with Crippen molar-refractivity contribution in [2.45, 2.75) is 44.8 Å². The molecular formula is C13H21NO2. The van der Waals surface area contributed by atoms with Crippen LogP contribution in [-0.4, -0.2) is 23.4 Å². The molecule has 3 heteroatoms. The SMILES string of the molecule is COCCCCn1cc2c(c1)C(O)CCC2. The number of hydrogen-bond acceptors (Lipinski definition) is 2. The van der Waals surface area contributed by atoms with Gasteiger partial charge in [-0.05, 0) is 37.7 Å². The van der Waals surface area contributed by atoms with Crippen molar-refractivity contribution >= 4 is 0 Å². The van der Waals surface area contributed by atoms with Crippen LogP contribution in [0.4, 0.5) is 0 Å². The molecule has 1 aliphatic rings. The van der Waals surface area contributed by atoms with Gasteiger partial charge in [0.2, 0.25) is 0 Å². The number of aromatic nitrogens is 1. The molecule has 0 saturated carbocycles.